The molecular formula is C27H32N2O. The molecule has 0 amide bonds. The van der Waals surface area contributed by atoms with Crippen molar-refractivity contribution in [2.45, 2.75) is 19.9 Å². The molecule has 0 bridgehead atoms. The van der Waals surface area contributed by atoms with E-state index >= 15 is 0 Å². The van der Waals surface area contributed by atoms with Gasteiger partial charge in [-0.05, 0) is 46.4 Å². The van der Waals surface area contributed by atoms with Gasteiger partial charge in [0.2, 0.25) is 0 Å². The molecule has 3 heteroatoms. The van der Waals surface area contributed by atoms with Crippen molar-refractivity contribution in [1.82, 2.24) is 0 Å². The standard InChI is InChI=1S/C20H23NO.C7H9N/c1-3-17-4-6-18(7-5-17)16(2)19-8-10-20(11-9-19)21-12-14-22-15-13-21;8-6-7-4-2-1-3-5-7/h4-11H,2-3,12-15H2,1H3;1-5H,6,8H2. The number of ether oxygens (including phenoxy) is 1. The van der Waals surface area contributed by atoms with Crippen LogP contribution < -0.4 is 10.6 Å². The monoisotopic (exact) mass is 400 g/mol. The summed E-state index contributed by atoms with van der Waals surface area (Å²) in [5.74, 6) is 0. The van der Waals surface area contributed by atoms with Gasteiger partial charge in [0, 0.05) is 25.3 Å². The number of hydrogen-bond acceptors (Lipinski definition) is 3. The van der Waals surface area contributed by atoms with Gasteiger partial charge in [0.15, 0.2) is 0 Å². The second kappa shape index (κ2) is 11.3. The minimum Gasteiger partial charge on any atom is -0.378 e. The predicted octanol–water partition coefficient (Wildman–Crippen LogP) is 5.29. The molecule has 156 valence electrons. The van der Waals surface area contributed by atoms with Crippen LogP contribution in [0.25, 0.3) is 5.57 Å². The number of anilines is 1. The van der Waals surface area contributed by atoms with Crippen molar-refractivity contribution in [3.05, 3.63) is 108 Å². The largest absolute Gasteiger partial charge is 0.378 e. The van der Waals surface area contributed by atoms with Crippen molar-refractivity contribution in [2.24, 2.45) is 5.73 Å². The minimum atomic E-state index is 0.640. The van der Waals surface area contributed by atoms with Crippen LogP contribution in [-0.2, 0) is 17.7 Å². The van der Waals surface area contributed by atoms with Crippen molar-refractivity contribution < 1.29 is 4.74 Å². The van der Waals surface area contributed by atoms with Gasteiger partial charge >= 0.3 is 0 Å². The minimum absolute atomic E-state index is 0.640. The summed E-state index contributed by atoms with van der Waals surface area (Å²) in [5.41, 5.74) is 12.6. The Labute approximate surface area is 180 Å². The summed E-state index contributed by atoms with van der Waals surface area (Å²) >= 11 is 0. The van der Waals surface area contributed by atoms with Crippen molar-refractivity contribution in [3.63, 3.8) is 0 Å². The lowest BCUT2D eigenvalue weighted by Crippen LogP contribution is -2.36. The van der Waals surface area contributed by atoms with E-state index in [0.717, 1.165) is 38.3 Å². The molecule has 0 unspecified atom stereocenters. The summed E-state index contributed by atoms with van der Waals surface area (Å²) in [4.78, 5) is 2.37. The normalized spacial score (nSPS) is 13.3. The van der Waals surface area contributed by atoms with Gasteiger partial charge in [-0.3, -0.25) is 0 Å². The van der Waals surface area contributed by atoms with E-state index < -0.39 is 0 Å². The Morgan fingerprint density at radius 3 is 1.90 bits per heavy atom. The van der Waals surface area contributed by atoms with Crippen molar-refractivity contribution in [1.29, 1.82) is 0 Å². The van der Waals surface area contributed by atoms with Gasteiger partial charge in [0.25, 0.3) is 0 Å². The number of morpholine rings is 1. The SMILES string of the molecule is C=C(c1ccc(CC)cc1)c1ccc(N2CCOCC2)cc1.NCc1ccccc1. The molecule has 0 atom stereocenters. The maximum atomic E-state index is 5.40. The first-order valence-electron chi connectivity index (χ1n) is 10.7. The van der Waals surface area contributed by atoms with Crippen LogP contribution >= 0.6 is 0 Å². The highest BCUT2D eigenvalue weighted by Gasteiger charge is 2.11. The summed E-state index contributed by atoms with van der Waals surface area (Å²) < 4.78 is 5.40. The Hall–Kier alpha value is -2.88. The smallest absolute Gasteiger partial charge is 0.0642 e. The maximum Gasteiger partial charge on any atom is 0.0642 e. The van der Waals surface area contributed by atoms with Gasteiger partial charge in [-0.25, -0.2) is 0 Å². The molecule has 0 aliphatic carbocycles. The van der Waals surface area contributed by atoms with E-state index in [1.54, 1.807) is 0 Å². The van der Waals surface area contributed by atoms with Crippen molar-refractivity contribution in [3.8, 4) is 0 Å². The van der Waals surface area contributed by atoms with E-state index in [9.17, 15) is 0 Å². The summed E-state index contributed by atoms with van der Waals surface area (Å²) in [5, 5.41) is 0. The van der Waals surface area contributed by atoms with E-state index in [1.807, 2.05) is 30.3 Å². The maximum absolute atomic E-state index is 5.40. The van der Waals surface area contributed by atoms with E-state index in [1.165, 1.54) is 27.9 Å². The first-order valence-corrected chi connectivity index (χ1v) is 10.7. The number of rotatable bonds is 5. The van der Waals surface area contributed by atoms with Gasteiger partial charge in [0.05, 0.1) is 13.2 Å². The lowest BCUT2D eigenvalue weighted by molar-refractivity contribution is 0.122. The quantitative estimate of drug-likeness (QED) is 0.632. The third kappa shape index (κ3) is 6.06. The molecule has 3 aromatic carbocycles. The summed E-state index contributed by atoms with van der Waals surface area (Å²) in [6.07, 6.45) is 1.07. The molecule has 0 spiro atoms. The number of nitrogens with two attached hydrogens (primary N) is 1. The van der Waals surface area contributed by atoms with Crippen LogP contribution in [0.4, 0.5) is 5.69 Å². The van der Waals surface area contributed by atoms with Gasteiger partial charge < -0.3 is 15.4 Å². The number of aryl methyl sites for hydroxylation is 1. The molecule has 3 aromatic rings. The third-order valence-electron chi connectivity index (χ3n) is 5.38. The molecule has 1 saturated heterocycles. The predicted molar refractivity (Wildman–Crippen MR) is 128 cm³/mol. The fourth-order valence-corrected chi connectivity index (χ4v) is 3.42. The fraction of sp³-hybridized carbons (Fsp3) is 0.259. The molecule has 1 aliphatic rings. The lowest BCUT2D eigenvalue weighted by Gasteiger charge is -2.29. The number of benzene rings is 3. The highest BCUT2D eigenvalue weighted by atomic mass is 16.5. The van der Waals surface area contributed by atoms with Crippen LogP contribution in [0.5, 0.6) is 0 Å². The molecule has 30 heavy (non-hydrogen) atoms. The zero-order valence-electron chi connectivity index (χ0n) is 17.9. The Kier molecular flexibility index (Phi) is 8.25. The van der Waals surface area contributed by atoms with Gasteiger partial charge in [-0.15, -0.1) is 0 Å². The first-order chi connectivity index (χ1) is 14.7. The zero-order chi connectivity index (χ0) is 21.2. The van der Waals surface area contributed by atoms with Gasteiger partial charge in [0.1, 0.15) is 0 Å². The van der Waals surface area contributed by atoms with Gasteiger partial charge in [-0.1, -0.05) is 80.2 Å². The average molecular weight is 401 g/mol. The molecule has 2 N–H and O–H groups in total. The third-order valence-corrected chi connectivity index (χ3v) is 5.38. The van der Waals surface area contributed by atoms with Crippen LogP contribution in [-0.4, -0.2) is 26.3 Å². The summed E-state index contributed by atoms with van der Waals surface area (Å²) in [6.45, 7) is 10.7. The fourth-order valence-electron chi connectivity index (χ4n) is 3.42. The van der Waals surface area contributed by atoms with Crippen molar-refractivity contribution >= 4 is 11.3 Å². The second-order valence-electron chi connectivity index (χ2n) is 7.37. The van der Waals surface area contributed by atoms with E-state index in [4.69, 9.17) is 10.5 Å². The topological polar surface area (TPSA) is 38.5 Å². The second-order valence-corrected chi connectivity index (χ2v) is 7.37. The highest BCUT2D eigenvalue weighted by Crippen LogP contribution is 2.25. The van der Waals surface area contributed by atoms with Crippen molar-refractivity contribution in [2.75, 3.05) is 31.2 Å². The van der Waals surface area contributed by atoms with Crippen LogP contribution in [0.15, 0.2) is 85.4 Å². The molecule has 0 radical (unpaired) electrons. The Morgan fingerprint density at radius 2 is 1.40 bits per heavy atom. The molecule has 1 heterocycles. The Balaban J connectivity index is 0.000000269. The molecule has 3 nitrogen and oxygen atoms in total. The van der Waals surface area contributed by atoms with Crippen LogP contribution in [0.3, 0.4) is 0 Å². The van der Waals surface area contributed by atoms with Crippen LogP contribution in [0.1, 0.15) is 29.2 Å². The molecule has 0 saturated carbocycles. The summed E-state index contributed by atoms with van der Waals surface area (Å²) in [7, 11) is 0. The summed E-state index contributed by atoms with van der Waals surface area (Å²) in [6, 6.07) is 27.4. The first kappa shape index (κ1) is 21.8. The Morgan fingerprint density at radius 1 is 0.833 bits per heavy atom. The number of nitrogens with zero attached hydrogens (tertiary/aromatic N) is 1. The average Bonchev–Trinajstić information content (AvgIpc) is 2.85. The molecule has 4 rings (SSSR count). The van der Waals surface area contributed by atoms with Gasteiger partial charge in [-0.2, -0.15) is 0 Å². The molecule has 1 aliphatic heterocycles. The molecular weight excluding hydrogens is 368 g/mol. The van der Waals surface area contributed by atoms with Crippen LogP contribution in [0.2, 0.25) is 0 Å². The van der Waals surface area contributed by atoms with Crippen LogP contribution in [0, 0.1) is 0 Å². The zero-order valence-corrected chi connectivity index (χ0v) is 17.9. The lowest BCUT2D eigenvalue weighted by atomic mass is 9.98. The Bertz CT molecular complexity index is 896. The van der Waals surface area contributed by atoms with E-state index in [2.05, 4.69) is 66.9 Å². The highest BCUT2D eigenvalue weighted by molar-refractivity contribution is 5.78. The van der Waals surface area contributed by atoms with E-state index in [-0.39, 0.29) is 0 Å². The molecule has 1 fully saturated rings. The number of hydrogen-bond donors (Lipinski definition) is 1. The van der Waals surface area contributed by atoms with E-state index in [0.29, 0.717) is 6.54 Å². The molecule has 0 aromatic heterocycles.